The van der Waals surface area contributed by atoms with Gasteiger partial charge in [0.25, 0.3) is 5.56 Å². The maximum absolute atomic E-state index is 11.9. The van der Waals surface area contributed by atoms with E-state index in [4.69, 9.17) is 11.6 Å². The molecule has 1 aromatic carbocycles. The minimum atomic E-state index is -0.286. The van der Waals surface area contributed by atoms with E-state index in [9.17, 15) is 9.59 Å². The molecule has 0 aliphatic carbocycles. The number of nitrogens with zero attached hydrogens (tertiary/aromatic N) is 2. The molecular weight excluding hydrogens is 374 g/mol. The summed E-state index contributed by atoms with van der Waals surface area (Å²) in [6, 6.07) is 10.9. The van der Waals surface area contributed by atoms with Gasteiger partial charge in [-0.1, -0.05) is 23.7 Å². The van der Waals surface area contributed by atoms with Crippen molar-refractivity contribution < 1.29 is 4.79 Å². The molecule has 28 heavy (non-hydrogen) atoms. The lowest BCUT2D eigenvalue weighted by atomic mass is 9.99. The lowest BCUT2D eigenvalue weighted by molar-refractivity contribution is 0.112. The number of pyridine rings is 1. The molecule has 0 saturated carbocycles. The number of hydrogen-bond donors (Lipinski definition) is 1. The number of hydrogen-bond acceptors (Lipinski definition) is 3. The van der Waals surface area contributed by atoms with E-state index in [1.54, 1.807) is 19.3 Å². The maximum Gasteiger partial charge on any atom is 0.250 e. The number of rotatable bonds is 6. The number of nitrogens with one attached hydrogen (secondary N) is 1. The first-order chi connectivity index (χ1) is 13.3. The molecule has 2 heterocycles. The first-order valence-electron chi connectivity index (χ1n) is 9.17. The van der Waals surface area contributed by atoms with Crippen LogP contribution in [0.2, 0.25) is 5.02 Å². The van der Waals surface area contributed by atoms with Crippen LogP contribution in [0.5, 0.6) is 0 Å². The second-order valence-electron chi connectivity index (χ2n) is 7.22. The summed E-state index contributed by atoms with van der Waals surface area (Å²) in [5, 5.41) is 4.19. The van der Waals surface area contributed by atoms with Crippen LogP contribution in [0.4, 0.5) is 5.69 Å². The lowest BCUT2D eigenvalue weighted by Crippen LogP contribution is -2.22. The quantitative estimate of drug-likeness (QED) is 0.611. The van der Waals surface area contributed by atoms with Gasteiger partial charge in [-0.3, -0.25) is 9.59 Å². The van der Waals surface area contributed by atoms with Gasteiger partial charge in [-0.15, -0.1) is 0 Å². The number of benzene rings is 1. The molecule has 0 amide bonds. The lowest BCUT2D eigenvalue weighted by Gasteiger charge is -2.26. The fourth-order valence-corrected chi connectivity index (χ4v) is 3.46. The van der Waals surface area contributed by atoms with Crippen LogP contribution in [0, 0.1) is 6.92 Å². The molecule has 0 bridgehead atoms. The van der Waals surface area contributed by atoms with Crippen molar-refractivity contribution in [1.82, 2.24) is 9.13 Å². The number of aryl methyl sites for hydroxylation is 2. The van der Waals surface area contributed by atoms with E-state index in [2.05, 4.69) is 23.7 Å². The molecule has 1 unspecified atom stereocenters. The van der Waals surface area contributed by atoms with Crippen LogP contribution in [0.15, 0.2) is 53.6 Å². The molecule has 0 radical (unpaired) electrons. The highest BCUT2D eigenvalue weighted by Gasteiger charge is 2.23. The molecule has 0 aliphatic rings. The smallest absolute Gasteiger partial charge is 0.250 e. The fraction of sp³-hybridized carbons (Fsp3) is 0.273. The zero-order chi connectivity index (χ0) is 20.4. The van der Waals surface area contributed by atoms with Crippen molar-refractivity contribution in [2.24, 2.45) is 7.05 Å². The summed E-state index contributed by atoms with van der Waals surface area (Å²) in [6.45, 7) is 6.05. The van der Waals surface area contributed by atoms with E-state index in [-0.39, 0.29) is 17.6 Å². The maximum atomic E-state index is 11.9. The summed E-state index contributed by atoms with van der Waals surface area (Å²) in [7, 11) is 1.72. The normalized spacial score (nSPS) is 12.2. The van der Waals surface area contributed by atoms with Gasteiger partial charge in [0.1, 0.15) is 0 Å². The van der Waals surface area contributed by atoms with Gasteiger partial charge in [0.05, 0.1) is 17.4 Å². The molecule has 1 atom stereocenters. The van der Waals surface area contributed by atoms with Gasteiger partial charge in [0.2, 0.25) is 0 Å². The van der Waals surface area contributed by atoms with Crippen LogP contribution in [0.3, 0.4) is 0 Å². The topological polar surface area (TPSA) is 56.0 Å². The summed E-state index contributed by atoms with van der Waals surface area (Å²) in [5.74, 6) is 0. The zero-order valence-electron chi connectivity index (χ0n) is 16.4. The number of anilines is 1. The molecule has 1 N–H and O–H groups in total. The van der Waals surface area contributed by atoms with Crippen molar-refractivity contribution >= 4 is 23.6 Å². The van der Waals surface area contributed by atoms with Gasteiger partial charge in [-0.05, 0) is 50.1 Å². The van der Waals surface area contributed by atoms with Crippen LogP contribution in [0.1, 0.15) is 53.1 Å². The molecule has 0 aliphatic heterocycles. The van der Waals surface area contributed by atoms with Crippen LogP contribution in [0.25, 0.3) is 0 Å². The molecule has 0 fully saturated rings. The minimum absolute atomic E-state index is 0.0646. The highest BCUT2D eigenvalue weighted by Crippen LogP contribution is 2.32. The van der Waals surface area contributed by atoms with Crippen molar-refractivity contribution in [3.05, 3.63) is 86.6 Å². The molecule has 2 aromatic heterocycles. The van der Waals surface area contributed by atoms with Gasteiger partial charge >= 0.3 is 0 Å². The largest absolute Gasteiger partial charge is 0.371 e. The molecule has 6 heteroatoms. The van der Waals surface area contributed by atoms with Crippen LogP contribution >= 0.6 is 11.6 Å². The second kappa shape index (κ2) is 8.07. The third-order valence-corrected chi connectivity index (χ3v) is 5.14. The van der Waals surface area contributed by atoms with Crippen LogP contribution < -0.4 is 10.9 Å². The SMILES string of the molecule is Cc1cc(=O)n(C)cc1NC(c1ccc(Cl)cc1)c1c(C=O)ccn1C(C)C. The van der Waals surface area contributed by atoms with Crippen LogP contribution in [-0.2, 0) is 7.05 Å². The highest BCUT2D eigenvalue weighted by molar-refractivity contribution is 6.30. The number of carbonyl (C=O) groups excluding carboxylic acids is 1. The Bertz CT molecular complexity index is 1050. The zero-order valence-corrected chi connectivity index (χ0v) is 17.2. The van der Waals surface area contributed by atoms with Gasteiger partial charge in [-0.25, -0.2) is 0 Å². The van der Waals surface area contributed by atoms with E-state index >= 15 is 0 Å². The van der Waals surface area contributed by atoms with Crippen molar-refractivity contribution in [2.75, 3.05) is 5.32 Å². The Labute approximate surface area is 169 Å². The molecule has 5 nitrogen and oxygen atoms in total. The standard InChI is InChI=1S/C22H24ClN3O2/c1-14(2)26-10-9-17(13-27)22(26)21(16-5-7-18(23)8-6-16)24-19-12-25(4)20(28)11-15(19)3/h5-14,21,24H,1-4H3. The predicted octanol–water partition coefficient (Wildman–Crippen LogP) is 4.74. The number of aldehydes is 1. The Morgan fingerprint density at radius 1 is 1.14 bits per heavy atom. The van der Waals surface area contributed by atoms with E-state index in [0.29, 0.717) is 10.6 Å². The first kappa shape index (κ1) is 20.0. The van der Waals surface area contributed by atoms with Gasteiger partial charge in [0, 0.05) is 42.1 Å². The fourth-order valence-electron chi connectivity index (χ4n) is 3.34. The summed E-state index contributed by atoms with van der Waals surface area (Å²) < 4.78 is 3.63. The summed E-state index contributed by atoms with van der Waals surface area (Å²) in [4.78, 5) is 23.7. The van der Waals surface area contributed by atoms with Crippen molar-refractivity contribution in [3.63, 3.8) is 0 Å². The van der Waals surface area contributed by atoms with E-state index in [0.717, 1.165) is 28.8 Å². The molecule has 3 aromatic rings. The third kappa shape index (κ3) is 3.90. The molecule has 3 rings (SSSR count). The molecular formula is C22H24ClN3O2. The molecule has 0 saturated heterocycles. The number of halogens is 1. The van der Waals surface area contributed by atoms with Crippen molar-refractivity contribution in [3.8, 4) is 0 Å². The Morgan fingerprint density at radius 2 is 1.82 bits per heavy atom. The van der Waals surface area contributed by atoms with E-state index < -0.39 is 0 Å². The number of carbonyl (C=O) groups is 1. The van der Waals surface area contributed by atoms with Gasteiger partial charge < -0.3 is 14.5 Å². The average molecular weight is 398 g/mol. The Hall–Kier alpha value is -2.79. The van der Waals surface area contributed by atoms with E-state index in [1.165, 1.54) is 4.57 Å². The van der Waals surface area contributed by atoms with Crippen molar-refractivity contribution in [2.45, 2.75) is 32.9 Å². The molecule has 0 spiro atoms. The van der Waals surface area contributed by atoms with E-state index in [1.807, 2.05) is 43.5 Å². The average Bonchev–Trinajstić information content (AvgIpc) is 3.08. The Morgan fingerprint density at radius 3 is 2.43 bits per heavy atom. The van der Waals surface area contributed by atoms with Crippen molar-refractivity contribution in [1.29, 1.82) is 0 Å². The van der Waals surface area contributed by atoms with Crippen LogP contribution in [-0.4, -0.2) is 15.4 Å². The monoisotopic (exact) mass is 397 g/mol. The molecule has 146 valence electrons. The number of aromatic nitrogens is 2. The van der Waals surface area contributed by atoms with Gasteiger partial charge in [-0.2, -0.15) is 0 Å². The Kier molecular flexibility index (Phi) is 5.75. The predicted molar refractivity (Wildman–Crippen MR) is 114 cm³/mol. The first-order valence-corrected chi connectivity index (χ1v) is 9.54. The van der Waals surface area contributed by atoms with Gasteiger partial charge in [0.15, 0.2) is 6.29 Å². The Balaban J connectivity index is 2.18. The summed E-state index contributed by atoms with van der Waals surface area (Å²) in [5.41, 5.74) is 4.09. The summed E-state index contributed by atoms with van der Waals surface area (Å²) >= 11 is 6.09. The highest BCUT2D eigenvalue weighted by atomic mass is 35.5. The third-order valence-electron chi connectivity index (χ3n) is 4.88. The summed E-state index contributed by atoms with van der Waals surface area (Å²) in [6.07, 6.45) is 4.60. The second-order valence-corrected chi connectivity index (χ2v) is 7.66. The minimum Gasteiger partial charge on any atom is -0.371 e.